The first-order valence-corrected chi connectivity index (χ1v) is 7.17. The molecule has 0 saturated carbocycles. The Kier molecular flexibility index (Phi) is 7.55. The van der Waals surface area contributed by atoms with Gasteiger partial charge in [-0.3, -0.25) is 0 Å². The summed E-state index contributed by atoms with van der Waals surface area (Å²) in [6, 6.07) is 4.86. The van der Waals surface area contributed by atoms with Crippen molar-refractivity contribution in [3.63, 3.8) is 0 Å². The molecule has 0 heterocycles. The topological polar surface area (TPSA) is 30.5 Å². The van der Waals surface area contributed by atoms with Gasteiger partial charge in [0.2, 0.25) is 0 Å². The predicted molar refractivity (Wildman–Crippen MR) is 79.5 cm³/mol. The first-order chi connectivity index (χ1) is 9.51. The van der Waals surface area contributed by atoms with Gasteiger partial charge in [0.25, 0.3) is 0 Å². The van der Waals surface area contributed by atoms with Gasteiger partial charge in [-0.1, -0.05) is 13.8 Å². The van der Waals surface area contributed by atoms with Crippen molar-refractivity contribution >= 4 is 0 Å². The lowest BCUT2D eigenvalue weighted by Gasteiger charge is -2.15. The van der Waals surface area contributed by atoms with Crippen molar-refractivity contribution in [2.75, 3.05) is 20.3 Å². The molecule has 0 aliphatic rings. The third-order valence-corrected chi connectivity index (χ3v) is 2.88. The smallest absolute Gasteiger partial charge is 0.127 e. The summed E-state index contributed by atoms with van der Waals surface area (Å²) >= 11 is 0. The Labute approximate surface area is 121 Å². The Morgan fingerprint density at radius 1 is 1.20 bits per heavy atom. The van der Waals surface area contributed by atoms with Crippen LogP contribution in [0.25, 0.3) is 0 Å². The average Bonchev–Trinajstić information content (AvgIpc) is 2.35. The summed E-state index contributed by atoms with van der Waals surface area (Å²) < 4.78 is 24.3. The normalized spacial score (nSPS) is 12.7. The van der Waals surface area contributed by atoms with Gasteiger partial charge in [-0.25, -0.2) is 4.39 Å². The molecule has 0 radical (unpaired) electrons. The molecule has 20 heavy (non-hydrogen) atoms. The lowest BCUT2D eigenvalue weighted by atomic mass is 10.2. The molecular weight excluding hydrogens is 257 g/mol. The van der Waals surface area contributed by atoms with Crippen molar-refractivity contribution in [2.45, 2.75) is 39.8 Å². The van der Waals surface area contributed by atoms with E-state index in [0.717, 1.165) is 18.5 Å². The zero-order valence-corrected chi connectivity index (χ0v) is 12.9. The average molecular weight is 283 g/mol. The van der Waals surface area contributed by atoms with Crippen LogP contribution in [0.3, 0.4) is 0 Å². The van der Waals surface area contributed by atoms with Crippen LogP contribution in [0.5, 0.6) is 5.75 Å². The van der Waals surface area contributed by atoms with Crippen LogP contribution in [0.2, 0.25) is 0 Å². The molecule has 0 aromatic heterocycles. The summed E-state index contributed by atoms with van der Waals surface area (Å²) in [5.41, 5.74) is 0.902. The van der Waals surface area contributed by atoms with E-state index < -0.39 is 0 Å². The maximum Gasteiger partial charge on any atom is 0.127 e. The molecule has 1 atom stereocenters. The van der Waals surface area contributed by atoms with E-state index in [1.54, 1.807) is 13.2 Å². The largest absolute Gasteiger partial charge is 0.491 e. The highest BCUT2D eigenvalue weighted by Gasteiger charge is 2.07. The molecule has 1 unspecified atom stereocenters. The van der Waals surface area contributed by atoms with Crippen molar-refractivity contribution < 1.29 is 13.9 Å². The minimum Gasteiger partial charge on any atom is -0.491 e. The number of benzene rings is 1. The van der Waals surface area contributed by atoms with E-state index >= 15 is 0 Å². The van der Waals surface area contributed by atoms with Gasteiger partial charge in [0, 0.05) is 32.7 Å². The summed E-state index contributed by atoms with van der Waals surface area (Å²) in [5, 5.41) is 3.30. The van der Waals surface area contributed by atoms with Gasteiger partial charge in [-0.2, -0.15) is 0 Å². The summed E-state index contributed by atoms with van der Waals surface area (Å²) in [5.74, 6) is 0.895. The number of hydrogen-bond donors (Lipinski definition) is 1. The first-order valence-electron chi connectivity index (χ1n) is 7.17. The zero-order valence-electron chi connectivity index (χ0n) is 12.9. The monoisotopic (exact) mass is 283 g/mol. The molecule has 0 aliphatic heterocycles. The molecule has 0 saturated heterocycles. The fraction of sp³-hybridized carbons (Fsp3) is 0.625. The van der Waals surface area contributed by atoms with Gasteiger partial charge >= 0.3 is 0 Å². The van der Waals surface area contributed by atoms with Crippen LogP contribution in [-0.4, -0.2) is 26.4 Å². The molecule has 1 rings (SSSR count). The van der Waals surface area contributed by atoms with Crippen LogP contribution in [0, 0.1) is 11.7 Å². The Hall–Kier alpha value is -1.13. The molecule has 1 aromatic carbocycles. The molecule has 1 N–H and O–H groups in total. The fourth-order valence-corrected chi connectivity index (χ4v) is 1.87. The van der Waals surface area contributed by atoms with Crippen LogP contribution >= 0.6 is 0 Å². The second kappa shape index (κ2) is 8.93. The number of halogens is 1. The standard InChI is InChI=1S/C16H26FNO2/c1-12(2)10-18-11-14-7-15(17)9-16(8-14)20-13(3)5-6-19-4/h7-9,12-13,18H,5-6,10-11H2,1-4H3. The van der Waals surface area contributed by atoms with Gasteiger partial charge in [0.15, 0.2) is 0 Å². The van der Waals surface area contributed by atoms with E-state index in [4.69, 9.17) is 9.47 Å². The maximum absolute atomic E-state index is 13.6. The van der Waals surface area contributed by atoms with Crippen molar-refractivity contribution in [3.05, 3.63) is 29.6 Å². The van der Waals surface area contributed by atoms with E-state index in [1.807, 2.05) is 13.0 Å². The molecule has 114 valence electrons. The maximum atomic E-state index is 13.6. The highest BCUT2D eigenvalue weighted by Crippen LogP contribution is 2.18. The molecule has 0 bridgehead atoms. The molecule has 4 heteroatoms. The summed E-state index contributed by atoms with van der Waals surface area (Å²) in [6.07, 6.45) is 0.793. The molecule has 1 aromatic rings. The Bertz CT molecular complexity index is 396. The quantitative estimate of drug-likeness (QED) is 0.753. The Morgan fingerprint density at radius 2 is 1.95 bits per heavy atom. The fourth-order valence-electron chi connectivity index (χ4n) is 1.87. The number of ether oxygens (including phenoxy) is 2. The van der Waals surface area contributed by atoms with E-state index in [-0.39, 0.29) is 11.9 Å². The summed E-state index contributed by atoms with van der Waals surface area (Å²) in [7, 11) is 1.66. The van der Waals surface area contributed by atoms with Crippen LogP contribution in [0.1, 0.15) is 32.8 Å². The number of hydrogen-bond acceptors (Lipinski definition) is 3. The molecule has 0 fully saturated rings. The van der Waals surface area contributed by atoms with Crippen LogP contribution in [-0.2, 0) is 11.3 Å². The van der Waals surface area contributed by atoms with Gasteiger partial charge in [0.1, 0.15) is 11.6 Å². The third-order valence-electron chi connectivity index (χ3n) is 2.88. The van der Waals surface area contributed by atoms with Crippen molar-refractivity contribution in [1.29, 1.82) is 0 Å². The highest BCUT2D eigenvalue weighted by molar-refractivity contribution is 5.29. The number of rotatable bonds is 9. The van der Waals surface area contributed by atoms with Gasteiger partial charge in [0.05, 0.1) is 6.10 Å². The SMILES string of the molecule is COCCC(C)Oc1cc(F)cc(CNCC(C)C)c1. The Balaban J connectivity index is 2.56. The number of nitrogens with one attached hydrogen (secondary N) is 1. The molecule has 0 spiro atoms. The van der Waals surface area contributed by atoms with Gasteiger partial charge < -0.3 is 14.8 Å². The van der Waals surface area contributed by atoms with Crippen molar-refractivity contribution in [1.82, 2.24) is 5.32 Å². The van der Waals surface area contributed by atoms with Crippen molar-refractivity contribution in [3.8, 4) is 5.75 Å². The lowest BCUT2D eigenvalue weighted by molar-refractivity contribution is 0.135. The number of methoxy groups -OCH3 is 1. The van der Waals surface area contributed by atoms with Crippen LogP contribution in [0.15, 0.2) is 18.2 Å². The zero-order chi connectivity index (χ0) is 15.0. The molecule has 0 amide bonds. The van der Waals surface area contributed by atoms with E-state index in [2.05, 4.69) is 19.2 Å². The van der Waals surface area contributed by atoms with E-state index in [0.29, 0.717) is 24.8 Å². The highest BCUT2D eigenvalue weighted by atomic mass is 19.1. The minimum absolute atomic E-state index is 0.00761. The second-order valence-corrected chi connectivity index (χ2v) is 5.53. The van der Waals surface area contributed by atoms with E-state index in [1.165, 1.54) is 6.07 Å². The first kappa shape index (κ1) is 16.9. The predicted octanol–water partition coefficient (Wildman–Crippen LogP) is 3.38. The second-order valence-electron chi connectivity index (χ2n) is 5.53. The summed E-state index contributed by atoms with van der Waals surface area (Å²) in [4.78, 5) is 0. The minimum atomic E-state index is -0.261. The van der Waals surface area contributed by atoms with Crippen molar-refractivity contribution in [2.24, 2.45) is 5.92 Å². The molecular formula is C16H26FNO2. The summed E-state index contributed by atoms with van der Waals surface area (Å²) in [6.45, 7) is 8.45. The van der Waals surface area contributed by atoms with E-state index in [9.17, 15) is 4.39 Å². The third kappa shape index (κ3) is 6.87. The van der Waals surface area contributed by atoms with Gasteiger partial charge in [-0.15, -0.1) is 0 Å². The van der Waals surface area contributed by atoms with Crippen LogP contribution in [0.4, 0.5) is 4.39 Å². The molecule has 0 aliphatic carbocycles. The molecule has 3 nitrogen and oxygen atoms in total. The van der Waals surface area contributed by atoms with Gasteiger partial charge in [-0.05, 0) is 37.1 Å². The van der Waals surface area contributed by atoms with Crippen LogP contribution < -0.4 is 10.1 Å². The Morgan fingerprint density at radius 3 is 2.60 bits per heavy atom. The lowest BCUT2D eigenvalue weighted by Crippen LogP contribution is -2.19.